The van der Waals surface area contributed by atoms with E-state index in [1.54, 1.807) is 29.5 Å². The van der Waals surface area contributed by atoms with Crippen molar-refractivity contribution in [2.45, 2.75) is 20.1 Å². The third-order valence-corrected chi connectivity index (χ3v) is 3.24. The van der Waals surface area contributed by atoms with Crippen molar-refractivity contribution in [2.75, 3.05) is 6.54 Å². The van der Waals surface area contributed by atoms with Crippen LogP contribution >= 0.6 is 11.3 Å². The first-order chi connectivity index (χ1) is 8.79. The van der Waals surface area contributed by atoms with Gasteiger partial charge in [0.25, 0.3) is 0 Å². The predicted octanol–water partition coefficient (Wildman–Crippen LogP) is 2.97. The third kappa shape index (κ3) is 3.51. The van der Waals surface area contributed by atoms with Crippen LogP contribution in [0, 0.1) is 5.82 Å². The van der Waals surface area contributed by atoms with Crippen LogP contribution in [0.25, 0.3) is 0 Å². The number of benzene rings is 1. The minimum absolute atomic E-state index is 0.263. The zero-order valence-electron chi connectivity index (χ0n) is 10.1. The highest BCUT2D eigenvalue weighted by Gasteiger charge is 2.05. The summed E-state index contributed by atoms with van der Waals surface area (Å²) >= 11 is 1.58. The average Bonchev–Trinajstić information content (AvgIpc) is 2.83. The number of hydrogen-bond donors (Lipinski definition) is 1. The smallest absolute Gasteiger partial charge is 0.165 e. The summed E-state index contributed by atoms with van der Waals surface area (Å²) in [6.45, 7) is 4.03. The van der Waals surface area contributed by atoms with Gasteiger partial charge in [-0.2, -0.15) is 0 Å². The van der Waals surface area contributed by atoms with Gasteiger partial charge in [0.1, 0.15) is 11.6 Å². The molecule has 1 aromatic heterocycles. The van der Waals surface area contributed by atoms with E-state index >= 15 is 0 Å². The van der Waals surface area contributed by atoms with E-state index in [4.69, 9.17) is 4.74 Å². The molecule has 0 aliphatic carbocycles. The number of halogens is 1. The molecule has 1 N–H and O–H groups in total. The van der Waals surface area contributed by atoms with Crippen molar-refractivity contribution in [3.8, 4) is 5.75 Å². The van der Waals surface area contributed by atoms with Gasteiger partial charge in [-0.3, -0.25) is 0 Å². The number of nitrogens with one attached hydrogen (secondary N) is 1. The second-order valence-corrected chi connectivity index (χ2v) is 4.67. The maximum absolute atomic E-state index is 13.3. The summed E-state index contributed by atoms with van der Waals surface area (Å²) < 4.78 is 18.7. The molecule has 0 fully saturated rings. The molecule has 0 aliphatic heterocycles. The van der Waals surface area contributed by atoms with Gasteiger partial charge in [0, 0.05) is 11.9 Å². The summed E-state index contributed by atoms with van der Waals surface area (Å²) in [4.78, 5) is 4.40. The Morgan fingerprint density at radius 1 is 1.39 bits per heavy atom. The molecule has 0 bridgehead atoms. The Morgan fingerprint density at radius 2 is 2.22 bits per heavy atom. The molecule has 96 valence electrons. The van der Waals surface area contributed by atoms with Gasteiger partial charge in [0.05, 0.1) is 5.69 Å². The fourth-order valence-corrected chi connectivity index (χ4v) is 2.19. The summed E-state index contributed by atoms with van der Waals surface area (Å²) in [7, 11) is 0. The maximum atomic E-state index is 13.3. The minimum Gasteiger partial charge on any atom is -0.484 e. The predicted molar refractivity (Wildman–Crippen MR) is 70.2 cm³/mol. The molecule has 0 saturated heterocycles. The quantitative estimate of drug-likeness (QED) is 0.873. The molecule has 1 heterocycles. The molecule has 2 aromatic rings. The van der Waals surface area contributed by atoms with Gasteiger partial charge in [0.2, 0.25) is 0 Å². The van der Waals surface area contributed by atoms with Crippen LogP contribution in [0.3, 0.4) is 0 Å². The van der Waals surface area contributed by atoms with E-state index in [1.807, 2.05) is 5.38 Å². The van der Waals surface area contributed by atoms with Crippen LogP contribution < -0.4 is 10.1 Å². The Hall–Kier alpha value is -1.46. The highest BCUT2D eigenvalue weighted by Crippen LogP contribution is 2.18. The topological polar surface area (TPSA) is 34.2 Å². The molecule has 5 heteroatoms. The van der Waals surface area contributed by atoms with E-state index in [1.165, 1.54) is 6.07 Å². The summed E-state index contributed by atoms with van der Waals surface area (Å²) in [5, 5.41) is 6.16. The summed E-state index contributed by atoms with van der Waals surface area (Å²) in [5.41, 5.74) is 0.830. The first-order valence-electron chi connectivity index (χ1n) is 5.81. The van der Waals surface area contributed by atoms with Gasteiger partial charge in [-0.1, -0.05) is 19.1 Å². The number of thiazole rings is 1. The van der Waals surface area contributed by atoms with Gasteiger partial charge in [-0.05, 0) is 18.7 Å². The highest BCUT2D eigenvalue weighted by atomic mass is 32.1. The van der Waals surface area contributed by atoms with Crippen molar-refractivity contribution >= 4 is 11.3 Å². The van der Waals surface area contributed by atoms with Gasteiger partial charge in [-0.15, -0.1) is 11.3 Å². The van der Waals surface area contributed by atoms with Gasteiger partial charge in [-0.25, -0.2) is 9.37 Å². The largest absolute Gasteiger partial charge is 0.484 e. The molecular formula is C13H15FN2OS. The van der Waals surface area contributed by atoms with Crippen LogP contribution in [0.1, 0.15) is 17.6 Å². The average molecular weight is 266 g/mol. The molecule has 0 aliphatic rings. The molecule has 1 aromatic carbocycles. The van der Waals surface area contributed by atoms with E-state index in [9.17, 15) is 4.39 Å². The lowest BCUT2D eigenvalue weighted by atomic mass is 10.3. The molecule has 0 unspecified atom stereocenters. The van der Waals surface area contributed by atoms with Crippen LogP contribution in [-0.4, -0.2) is 11.5 Å². The van der Waals surface area contributed by atoms with Crippen molar-refractivity contribution in [1.82, 2.24) is 10.3 Å². The van der Waals surface area contributed by atoms with E-state index < -0.39 is 0 Å². The van der Waals surface area contributed by atoms with Crippen LogP contribution in [0.4, 0.5) is 4.39 Å². The number of aromatic nitrogens is 1. The molecule has 0 amide bonds. The summed E-state index contributed by atoms with van der Waals surface area (Å²) in [6.07, 6.45) is 0. The fourth-order valence-electron chi connectivity index (χ4n) is 1.44. The van der Waals surface area contributed by atoms with Crippen LogP contribution in [-0.2, 0) is 13.2 Å². The summed E-state index contributed by atoms with van der Waals surface area (Å²) in [5.74, 6) is -0.0839. The van der Waals surface area contributed by atoms with Crippen LogP contribution in [0.15, 0.2) is 29.6 Å². The molecule has 0 atom stereocenters. The number of rotatable bonds is 6. The minimum atomic E-state index is -0.347. The normalized spacial score (nSPS) is 10.6. The molecule has 0 spiro atoms. The van der Waals surface area contributed by atoms with Crippen molar-refractivity contribution in [3.05, 3.63) is 46.2 Å². The lowest BCUT2D eigenvalue weighted by molar-refractivity contribution is 0.286. The van der Waals surface area contributed by atoms with Crippen molar-refractivity contribution in [1.29, 1.82) is 0 Å². The fraction of sp³-hybridized carbons (Fsp3) is 0.308. The van der Waals surface area contributed by atoms with Crippen LogP contribution in [0.2, 0.25) is 0 Å². The first-order valence-corrected chi connectivity index (χ1v) is 6.69. The molecule has 2 rings (SSSR count). The van der Waals surface area contributed by atoms with E-state index in [2.05, 4.69) is 17.2 Å². The number of ether oxygens (including phenoxy) is 1. The van der Waals surface area contributed by atoms with E-state index in [0.717, 1.165) is 23.8 Å². The van der Waals surface area contributed by atoms with Gasteiger partial charge >= 0.3 is 0 Å². The second-order valence-electron chi connectivity index (χ2n) is 3.73. The standard InChI is InChI=1S/C13H15FN2OS/c1-2-15-7-13-16-10(9-18-13)8-17-12-6-4-3-5-11(12)14/h3-6,9,15H,2,7-8H2,1H3. The Labute approximate surface area is 110 Å². The zero-order chi connectivity index (χ0) is 12.8. The second kappa shape index (κ2) is 6.47. The van der Waals surface area contributed by atoms with E-state index in [-0.39, 0.29) is 11.6 Å². The highest BCUT2D eigenvalue weighted by molar-refractivity contribution is 7.09. The number of nitrogens with zero attached hydrogens (tertiary/aromatic N) is 1. The monoisotopic (exact) mass is 266 g/mol. The first kappa shape index (κ1) is 13.0. The Balaban J connectivity index is 1.90. The SMILES string of the molecule is CCNCc1nc(COc2ccccc2F)cs1. The molecular weight excluding hydrogens is 251 g/mol. The Morgan fingerprint density at radius 3 is 3.00 bits per heavy atom. The number of para-hydroxylation sites is 1. The lowest BCUT2D eigenvalue weighted by Gasteiger charge is -2.04. The molecule has 18 heavy (non-hydrogen) atoms. The molecule has 3 nitrogen and oxygen atoms in total. The number of hydrogen-bond acceptors (Lipinski definition) is 4. The van der Waals surface area contributed by atoms with Gasteiger partial charge in [0.15, 0.2) is 11.6 Å². The molecule has 0 radical (unpaired) electrons. The van der Waals surface area contributed by atoms with Crippen molar-refractivity contribution in [2.24, 2.45) is 0 Å². The summed E-state index contributed by atoms with van der Waals surface area (Å²) in [6, 6.07) is 6.38. The Bertz CT molecular complexity index is 501. The van der Waals surface area contributed by atoms with Crippen molar-refractivity contribution < 1.29 is 9.13 Å². The lowest BCUT2D eigenvalue weighted by Crippen LogP contribution is -2.11. The zero-order valence-corrected chi connectivity index (χ0v) is 11.0. The van der Waals surface area contributed by atoms with Gasteiger partial charge < -0.3 is 10.1 Å². The third-order valence-electron chi connectivity index (χ3n) is 2.34. The maximum Gasteiger partial charge on any atom is 0.165 e. The van der Waals surface area contributed by atoms with Crippen LogP contribution in [0.5, 0.6) is 5.75 Å². The molecule has 0 saturated carbocycles. The van der Waals surface area contributed by atoms with E-state index in [0.29, 0.717) is 6.61 Å². The van der Waals surface area contributed by atoms with Crippen molar-refractivity contribution in [3.63, 3.8) is 0 Å². The Kier molecular flexibility index (Phi) is 4.66.